The van der Waals surface area contributed by atoms with Gasteiger partial charge in [0.15, 0.2) is 5.69 Å². The van der Waals surface area contributed by atoms with Gasteiger partial charge in [-0.05, 0) is 38.0 Å². The molecule has 2 aromatic heterocycles. The van der Waals surface area contributed by atoms with Gasteiger partial charge in [-0.2, -0.15) is 0 Å². The van der Waals surface area contributed by atoms with Gasteiger partial charge in [0.05, 0.1) is 12.5 Å². The molecule has 2 amide bonds. The van der Waals surface area contributed by atoms with Crippen LogP contribution in [0.15, 0.2) is 59.3 Å². The first kappa shape index (κ1) is 21.3. The monoisotopic (exact) mass is 409 g/mol. The molecule has 0 aliphatic rings. The first-order valence-corrected chi connectivity index (χ1v) is 10.2. The number of benzene rings is 1. The van der Waals surface area contributed by atoms with Crippen LogP contribution < -0.4 is 5.32 Å². The molecule has 8 nitrogen and oxygen atoms in total. The predicted octanol–water partition coefficient (Wildman–Crippen LogP) is 2.69. The summed E-state index contributed by atoms with van der Waals surface area (Å²) in [5.41, 5.74) is 1.32. The number of hydrogen-bond donors (Lipinski definition) is 1. The van der Waals surface area contributed by atoms with Crippen molar-refractivity contribution in [3.63, 3.8) is 0 Å². The zero-order valence-electron chi connectivity index (χ0n) is 17.3. The SMILES string of the molecule is CCN(CC)C(=O)Cn1cc(C(=O)NCC[C@@H](c2ccccc2)c2ccco2)nn1. The minimum Gasteiger partial charge on any atom is -0.469 e. The van der Waals surface area contributed by atoms with Crippen molar-refractivity contribution in [1.29, 1.82) is 0 Å². The molecule has 0 saturated carbocycles. The van der Waals surface area contributed by atoms with Gasteiger partial charge in [-0.25, -0.2) is 4.68 Å². The van der Waals surface area contributed by atoms with E-state index in [0.717, 1.165) is 11.3 Å². The number of carbonyl (C=O) groups excluding carboxylic acids is 2. The van der Waals surface area contributed by atoms with Gasteiger partial charge in [0.25, 0.3) is 5.91 Å². The van der Waals surface area contributed by atoms with Crippen molar-refractivity contribution in [1.82, 2.24) is 25.2 Å². The normalized spacial score (nSPS) is 11.8. The van der Waals surface area contributed by atoms with Crippen LogP contribution in [-0.2, 0) is 11.3 Å². The summed E-state index contributed by atoms with van der Waals surface area (Å²) in [5.74, 6) is 0.531. The summed E-state index contributed by atoms with van der Waals surface area (Å²) >= 11 is 0. The molecule has 0 spiro atoms. The zero-order valence-corrected chi connectivity index (χ0v) is 17.3. The molecule has 0 aliphatic carbocycles. The van der Waals surface area contributed by atoms with Crippen LogP contribution in [0.1, 0.15) is 48.0 Å². The van der Waals surface area contributed by atoms with E-state index >= 15 is 0 Å². The van der Waals surface area contributed by atoms with Gasteiger partial charge >= 0.3 is 0 Å². The van der Waals surface area contributed by atoms with Gasteiger partial charge in [0.1, 0.15) is 12.3 Å². The van der Waals surface area contributed by atoms with Crippen molar-refractivity contribution in [3.05, 3.63) is 71.9 Å². The molecule has 8 heteroatoms. The molecule has 158 valence electrons. The number of carbonyl (C=O) groups is 2. The maximum absolute atomic E-state index is 12.4. The average molecular weight is 409 g/mol. The Labute approximate surface area is 175 Å². The highest BCUT2D eigenvalue weighted by Gasteiger charge is 2.18. The summed E-state index contributed by atoms with van der Waals surface area (Å²) in [4.78, 5) is 26.3. The number of aromatic nitrogens is 3. The van der Waals surface area contributed by atoms with E-state index in [1.807, 2.05) is 56.3 Å². The summed E-state index contributed by atoms with van der Waals surface area (Å²) in [6.07, 6.45) is 3.83. The third-order valence-corrected chi connectivity index (χ3v) is 4.99. The van der Waals surface area contributed by atoms with Crippen LogP contribution in [0.25, 0.3) is 0 Å². The van der Waals surface area contributed by atoms with E-state index < -0.39 is 0 Å². The molecular weight excluding hydrogens is 382 g/mol. The first-order valence-electron chi connectivity index (χ1n) is 10.2. The minimum atomic E-state index is -0.317. The van der Waals surface area contributed by atoms with E-state index in [9.17, 15) is 9.59 Å². The summed E-state index contributed by atoms with van der Waals surface area (Å²) in [5, 5.41) is 10.7. The Kier molecular flexibility index (Phi) is 7.37. The van der Waals surface area contributed by atoms with Crippen molar-refractivity contribution >= 4 is 11.8 Å². The van der Waals surface area contributed by atoms with Gasteiger partial charge in [0.2, 0.25) is 5.91 Å². The number of nitrogens with one attached hydrogen (secondary N) is 1. The molecule has 0 unspecified atom stereocenters. The molecule has 1 aromatic carbocycles. The molecule has 2 heterocycles. The number of furan rings is 1. The number of hydrogen-bond acceptors (Lipinski definition) is 5. The van der Waals surface area contributed by atoms with E-state index in [1.54, 1.807) is 11.2 Å². The molecule has 1 atom stereocenters. The van der Waals surface area contributed by atoms with Crippen LogP contribution in [0.3, 0.4) is 0 Å². The van der Waals surface area contributed by atoms with Crippen LogP contribution in [0.4, 0.5) is 0 Å². The molecule has 0 saturated heterocycles. The molecule has 0 radical (unpaired) electrons. The maximum Gasteiger partial charge on any atom is 0.273 e. The summed E-state index contributed by atoms with van der Waals surface area (Å²) in [7, 11) is 0. The van der Waals surface area contributed by atoms with Gasteiger partial charge in [-0.3, -0.25) is 9.59 Å². The second-order valence-electron chi connectivity index (χ2n) is 6.89. The minimum absolute atomic E-state index is 0.0453. The van der Waals surface area contributed by atoms with Crippen molar-refractivity contribution < 1.29 is 14.0 Å². The molecule has 30 heavy (non-hydrogen) atoms. The van der Waals surface area contributed by atoms with Gasteiger partial charge in [-0.1, -0.05) is 35.5 Å². The fourth-order valence-corrected chi connectivity index (χ4v) is 3.36. The molecular formula is C22H27N5O3. The maximum atomic E-state index is 12.4. The third-order valence-electron chi connectivity index (χ3n) is 4.99. The fraction of sp³-hybridized carbons (Fsp3) is 0.364. The van der Waals surface area contributed by atoms with Crippen molar-refractivity contribution in [2.24, 2.45) is 0 Å². The van der Waals surface area contributed by atoms with Crippen LogP contribution in [0.2, 0.25) is 0 Å². The van der Waals surface area contributed by atoms with Crippen LogP contribution in [0.5, 0.6) is 0 Å². The first-order chi connectivity index (χ1) is 14.6. The van der Waals surface area contributed by atoms with E-state index in [-0.39, 0.29) is 30.0 Å². The lowest BCUT2D eigenvalue weighted by Crippen LogP contribution is -2.33. The second-order valence-corrected chi connectivity index (χ2v) is 6.89. The van der Waals surface area contributed by atoms with Crippen molar-refractivity contribution in [2.75, 3.05) is 19.6 Å². The van der Waals surface area contributed by atoms with Gasteiger partial charge < -0.3 is 14.6 Å². The lowest BCUT2D eigenvalue weighted by molar-refractivity contribution is -0.131. The summed E-state index contributed by atoms with van der Waals surface area (Å²) in [6.45, 7) is 5.63. The van der Waals surface area contributed by atoms with Gasteiger partial charge in [-0.15, -0.1) is 5.10 Å². The highest BCUT2D eigenvalue weighted by Crippen LogP contribution is 2.27. The molecule has 0 fully saturated rings. The Bertz CT molecular complexity index is 933. The molecule has 3 rings (SSSR count). The average Bonchev–Trinajstić information content (AvgIpc) is 3.45. The number of nitrogens with zero attached hydrogens (tertiary/aromatic N) is 4. The molecule has 0 aliphatic heterocycles. The lowest BCUT2D eigenvalue weighted by Gasteiger charge is -2.17. The largest absolute Gasteiger partial charge is 0.469 e. The van der Waals surface area contributed by atoms with Crippen LogP contribution in [-0.4, -0.2) is 51.3 Å². The highest BCUT2D eigenvalue weighted by atomic mass is 16.3. The fourth-order valence-electron chi connectivity index (χ4n) is 3.36. The second kappa shape index (κ2) is 10.4. The van der Waals surface area contributed by atoms with Crippen molar-refractivity contribution in [3.8, 4) is 0 Å². The lowest BCUT2D eigenvalue weighted by atomic mass is 9.93. The van der Waals surface area contributed by atoms with Crippen LogP contribution >= 0.6 is 0 Å². The topological polar surface area (TPSA) is 93.3 Å². The van der Waals surface area contributed by atoms with E-state index in [4.69, 9.17) is 4.42 Å². The van der Waals surface area contributed by atoms with E-state index in [1.165, 1.54) is 10.9 Å². The highest BCUT2D eigenvalue weighted by molar-refractivity contribution is 5.91. The number of rotatable bonds is 10. The zero-order chi connectivity index (χ0) is 21.3. The Hall–Kier alpha value is -3.42. The molecule has 3 aromatic rings. The third kappa shape index (κ3) is 5.34. The van der Waals surface area contributed by atoms with E-state index in [2.05, 4.69) is 15.6 Å². The summed E-state index contributed by atoms with van der Waals surface area (Å²) < 4.78 is 6.99. The van der Waals surface area contributed by atoms with E-state index in [0.29, 0.717) is 26.1 Å². The summed E-state index contributed by atoms with van der Waals surface area (Å²) in [6, 6.07) is 13.8. The van der Waals surface area contributed by atoms with Gasteiger partial charge in [0, 0.05) is 25.6 Å². The van der Waals surface area contributed by atoms with Crippen molar-refractivity contribution in [2.45, 2.75) is 32.7 Å². The Morgan fingerprint density at radius 2 is 1.90 bits per heavy atom. The number of likely N-dealkylation sites (N-methyl/N-ethyl adjacent to an activating group) is 1. The quantitative estimate of drug-likeness (QED) is 0.556. The Balaban J connectivity index is 1.56. The Morgan fingerprint density at radius 3 is 2.57 bits per heavy atom. The predicted molar refractivity (Wildman–Crippen MR) is 112 cm³/mol. The smallest absolute Gasteiger partial charge is 0.273 e. The molecule has 0 bridgehead atoms. The number of amides is 2. The van der Waals surface area contributed by atoms with Crippen LogP contribution in [0, 0.1) is 0 Å². The standard InChI is InChI=1S/C22H27N5O3/c1-3-26(4-2)21(28)16-27-15-19(24-25-27)22(29)23-13-12-18(20-11-8-14-30-20)17-9-6-5-7-10-17/h5-11,14-15,18H,3-4,12-13,16H2,1-2H3,(H,23,29)/t18-/m0/s1. The molecule has 1 N–H and O–H groups in total. The Morgan fingerprint density at radius 1 is 1.13 bits per heavy atom.